The lowest BCUT2D eigenvalue weighted by atomic mass is 9.94. The smallest absolute Gasteiger partial charge is 0.153 e. The number of aldehydes is 1. The average Bonchev–Trinajstić information content (AvgIpc) is 2.61. The summed E-state index contributed by atoms with van der Waals surface area (Å²) in [6, 6.07) is 0. The summed E-state index contributed by atoms with van der Waals surface area (Å²) in [4.78, 5) is 11.2. The first kappa shape index (κ1) is 13.3. The predicted molar refractivity (Wildman–Crippen MR) is 73.0 cm³/mol. The molecular formula is C15H24N2O. The highest BCUT2D eigenvalue weighted by molar-refractivity contribution is 5.76. The van der Waals surface area contributed by atoms with E-state index in [4.69, 9.17) is 0 Å². The lowest BCUT2D eigenvalue weighted by molar-refractivity contribution is 0.112. The van der Waals surface area contributed by atoms with Crippen LogP contribution >= 0.6 is 0 Å². The number of unbranched alkanes of at least 4 members (excludes halogenated alkanes) is 1. The fourth-order valence-electron chi connectivity index (χ4n) is 2.85. The molecule has 1 aliphatic rings. The van der Waals surface area contributed by atoms with Gasteiger partial charge in [-0.1, -0.05) is 39.0 Å². The maximum absolute atomic E-state index is 11.2. The Morgan fingerprint density at radius 1 is 1.33 bits per heavy atom. The molecule has 0 bridgehead atoms. The van der Waals surface area contributed by atoms with Crippen LogP contribution in [-0.2, 0) is 6.54 Å². The van der Waals surface area contributed by atoms with Crippen molar-refractivity contribution >= 4 is 6.29 Å². The third-order valence-electron chi connectivity index (χ3n) is 3.93. The first-order valence-corrected chi connectivity index (χ1v) is 7.37. The van der Waals surface area contributed by atoms with Crippen LogP contribution in [0.1, 0.15) is 80.3 Å². The van der Waals surface area contributed by atoms with Crippen LogP contribution in [0.2, 0.25) is 0 Å². The summed E-state index contributed by atoms with van der Waals surface area (Å²) < 4.78 is 1.97. The third kappa shape index (κ3) is 3.21. The molecule has 0 aliphatic heterocycles. The maximum atomic E-state index is 11.2. The molecule has 0 saturated heterocycles. The van der Waals surface area contributed by atoms with Crippen molar-refractivity contribution in [3.8, 4) is 0 Å². The van der Waals surface area contributed by atoms with Crippen molar-refractivity contribution in [1.82, 2.24) is 9.78 Å². The van der Waals surface area contributed by atoms with E-state index in [0.29, 0.717) is 5.92 Å². The molecular weight excluding hydrogens is 224 g/mol. The van der Waals surface area contributed by atoms with E-state index < -0.39 is 0 Å². The zero-order valence-electron chi connectivity index (χ0n) is 11.4. The summed E-state index contributed by atoms with van der Waals surface area (Å²) in [5.41, 5.74) is 1.88. The molecule has 0 radical (unpaired) electrons. The molecule has 3 heteroatoms. The lowest BCUT2D eigenvalue weighted by Crippen LogP contribution is -2.03. The molecule has 0 unspecified atom stereocenters. The molecule has 1 heterocycles. The van der Waals surface area contributed by atoms with E-state index in [0.717, 1.165) is 36.9 Å². The highest BCUT2D eigenvalue weighted by Gasteiger charge is 2.20. The third-order valence-corrected chi connectivity index (χ3v) is 3.93. The van der Waals surface area contributed by atoms with Crippen molar-refractivity contribution in [2.24, 2.45) is 0 Å². The molecule has 18 heavy (non-hydrogen) atoms. The SMILES string of the molecule is CCCCn1cc(C=O)c(C2CCCCCC2)n1. The van der Waals surface area contributed by atoms with Crippen LogP contribution in [0.25, 0.3) is 0 Å². The fourth-order valence-corrected chi connectivity index (χ4v) is 2.85. The van der Waals surface area contributed by atoms with Gasteiger partial charge in [-0.15, -0.1) is 0 Å². The number of nitrogens with zero attached hydrogens (tertiary/aromatic N) is 2. The normalized spacial score (nSPS) is 17.6. The second-order valence-corrected chi connectivity index (χ2v) is 5.39. The molecule has 100 valence electrons. The topological polar surface area (TPSA) is 34.9 Å². The number of aryl methyl sites for hydroxylation is 1. The Bertz CT molecular complexity index is 376. The number of carbonyl (C=O) groups is 1. The van der Waals surface area contributed by atoms with Gasteiger partial charge in [-0.2, -0.15) is 5.10 Å². The van der Waals surface area contributed by atoms with E-state index in [1.165, 1.54) is 38.5 Å². The summed E-state index contributed by atoms with van der Waals surface area (Å²) in [6.07, 6.45) is 12.8. The molecule has 1 aromatic heterocycles. The summed E-state index contributed by atoms with van der Waals surface area (Å²) in [5.74, 6) is 0.510. The first-order chi connectivity index (χ1) is 8.85. The molecule has 0 amide bonds. The molecule has 2 rings (SSSR count). The molecule has 0 atom stereocenters. The summed E-state index contributed by atoms with van der Waals surface area (Å²) in [5, 5.41) is 4.67. The van der Waals surface area contributed by atoms with E-state index in [9.17, 15) is 4.79 Å². The number of rotatable bonds is 5. The van der Waals surface area contributed by atoms with Crippen molar-refractivity contribution in [1.29, 1.82) is 0 Å². The quantitative estimate of drug-likeness (QED) is 0.584. The van der Waals surface area contributed by atoms with Gasteiger partial charge in [0.05, 0.1) is 11.3 Å². The zero-order chi connectivity index (χ0) is 12.8. The highest BCUT2D eigenvalue weighted by atomic mass is 16.1. The second kappa shape index (κ2) is 6.72. The lowest BCUT2D eigenvalue weighted by Gasteiger charge is -2.11. The van der Waals surface area contributed by atoms with Gasteiger partial charge < -0.3 is 0 Å². The van der Waals surface area contributed by atoms with Crippen LogP contribution in [0.5, 0.6) is 0 Å². The minimum absolute atomic E-state index is 0.510. The van der Waals surface area contributed by atoms with Crippen LogP contribution in [0.3, 0.4) is 0 Å². The van der Waals surface area contributed by atoms with Gasteiger partial charge in [0.15, 0.2) is 6.29 Å². The molecule has 0 spiro atoms. The van der Waals surface area contributed by atoms with Crippen LogP contribution in [-0.4, -0.2) is 16.1 Å². The maximum Gasteiger partial charge on any atom is 0.153 e. The van der Waals surface area contributed by atoms with Crippen LogP contribution in [0.15, 0.2) is 6.20 Å². The summed E-state index contributed by atoms with van der Waals surface area (Å²) in [7, 11) is 0. The van der Waals surface area contributed by atoms with E-state index >= 15 is 0 Å². The fraction of sp³-hybridized carbons (Fsp3) is 0.733. The van der Waals surface area contributed by atoms with Crippen molar-refractivity contribution in [2.75, 3.05) is 0 Å². The predicted octanol–water partition coefficient (Wildman–Crippen LogP) is 3.93. The van der Waals surface area contributed by atoms with E-state index in [1.807, 2.05) is 10.9 Å². The second-order valence-electron chi connectivity index (χ2n) is 5.39. The standard InChI is InChI=1S/C15H24N2O/c1-2-3-10-17-11-14(12-18)15(16-17)13-8-6-4-5-7-9-13/h11-13H,2-10H2,1H3. The Labute approximate surface area is 110 Å². The van der Waals surface area contributed by atoms with Crippen LogP contribution in [0, 0.1) is 0 Å². The Balaban J connectivity index is 2.13. The molecule has 1 saturated carbocycles. The van der Waals surface area contributed by atoms with Crippen LogP contribution in [0.4, 0.5) is 0 Å². The minimum Gasteiger partial charge on any atom is -0.298 e. The van der Waals surface area contributed by atoms with Crippen molar-refractivity contribution in [3.05, 3.63) is 17.5 Å². The Morgan fingerprint density at radius 2 is 2.06 bits per heavy atom. The van der Waals surface area contributed by atoms with Crippen LogP contribution < -0.4 is 0 Å². The molecule has 1 fully saturated rings. The number of carbonyl (C=O) groups excluding carboxylic acids is 1. The Morgan fingerprint density at radius 3 is 2.67 bits per heavy atom. The van der Waals surface area contributed by atoms with Crippen molar-refractivity contribution < 1.29 is 4.79 Å². The number of hydrogen-bond donors (Lipinski definition) is 0. The molecule has 1 aromatic rings. The summed E-state index contributed by atoms with van der Waals surface area (Å²) >= 11 is 0. The zero-order valence-corrected chi connectivity index (χ0v) is 11.4. The molecule has 1 aliphatic carbocycles. The van der Waals surface area contributed by atoms with Gasteiger partial charge in [0.1, 0.15) is 0 Å². The van der Waals surface area contributed by atoms with Gasteiger partial charge in [-0.3, -0.25) is 9.48 Å². The molecule has 0 aromatic carbocycles. The highest BCUT2D eigenvalue weighted by Crippen LogP contribution is 2.32. The van der Waals surface area contributed by atoms with E-state index in [-0.39, 0.29) is 0 Å². The Kier molecular flexibility index (Phi) is 4.97. The number of hydrogen-bond acceptors (Lipinski definition) is 2. The minimum atomic E-state index is 0.510. The number of aromatic nitrogens is 2. The van der Waals surface area contributed by atoms with Crippen molar-refractivity contribution in [2.45, 2.75) is 70.8 Å². The first-order valence-electron chi connectivity index (χ1n) is 7.37. The van der Waals surface area contributed by atoms with E-state index in [1.54, 1.807) is 0 Å². The van der Waals surface area contributed by atoms with Gasteiger partial charge in [0.25, 0.3) is 0 Å². The Hall–Kier alpha value is -1.12. The summed E-state index contributed by atoms with van der Waals surface area (Å²) in [6.45, 7) is 3.11. The monoisotopic (exact) mass is 248 g/mol. The van der Waals surface area contributed by atoms with Gasteiger partial charge in [-0.25, -0.2) is 0 Å². The van der Waals surface area contributed by atoms with E-state index in [2.05, 4.69) is 12.0 Å². The largest absolute Gasteiger partial charge is 0.298 e. The van der Waals surface area contributed by atoms with Gasteiger partial charge >= 0.3 is 0 Å². The van der Waals surface area contributed by atoms with Gasteiger partial charge in [-0.05, 0) is 19.3 Å². The average molecular weight is 248 g/mol. The molecule has 0 N–H and O–H groups in total. The molecule has 3 nitrogen and oxygen atoms in total. The van der Waals surface area contributed by atoms with Gasteiger partial charge in [0.2, 0.25) is 0 Å². The van der Waals surface area contributed by atoms with Crippen molar-refractivity contribution in [3.63, 3.8) is 0 Å². The van der Waals surface area contributed by atoms with Gasteiger partial charge in [0, 0.05) is 18.7 Å².